The molecule has 0 amide bonds. The van der Waals surface area contributed by atoms with Gasteiger partial charge in [0.2, 0.25) is 0 Å². The fourth-order valence-electron chi connectivity index (χ4n) is 1.73. The molecule has 5 nitrogen and oxygen atoms in total. The van der Waals surface area contributed by atoms with Gasteiger partial charge in [0, 0.05) is 11.3 Å². The number of ether oxygens (including phenoxy) is 1. The van der Waals surface area contributed by atoms with Crippen LogP contribution in [0.3, 0.4) is 0 Å². The summed E-state index contributed by atoms with van der Waals surface area (Å²) >= 11 is 2.59. The molecule has 0 fully saturated rings. The first-order valence-corrected chi connectivity index (χ1v) is 7.76. The van der Waals surface area contributed by atoms with Crippen LogP contribution in [-0.4, -0.2) is 23.2 Å². The summed E-state index contributed by atoms with van der Waals surface area (Å²) in [7, 11) is 1.58. The largest absolute Gasteiger partial charge is 0.496 e. The van der Waals surface area contributed by atoms with Crippen molar-refractivity contribution in [3.63, 3.8) is 0 Å². The number of hydrogen-bond donors (Lipinski definition) is 1. The molecule has 108 valence electrons. The van der Waals surface area contributed by atoms with E-state index in [2.05, 4.69) is 11.1 Å². The van der Waals surface area contributed by atoms with E-state index in [-0.39, 0.29) is 4.88 Å². The molecule has 0 unspecified atom stereocenters. The van der Waals surface area contributed by atoms with Gasteiger partial charge in [0.15, 0.2) is 4.34 Å². The van der Waals surface area contributed by atoms with Crippen LogP contribution < -0.4 is 4.74 Å². The molecule has 1 aromatic heterocycles. The minimum absolute atomic E-state index is 0.259. The Balaban J connectivity index is 2.18. The van der Waals surface area contributed by atoms with Gasteiger partial charge in [0.25, 0.3) is 0 Å². The van der Waals surface area contributed by atoms with E-state index < -0.39 is 5.97 Å². The molecule has 0 atom stereocenters. The minimum Gasteiger partial charge on any atom is -0.496 e. The summed E-state index contributed by atoms with van der Waals surface area (Å²) in [5.41, 5.74) is 1.96. The van der Waals surface area contributed by atoms with E-state index >= 15 is 0 Å². The lowest BCUT2D eigenvalue weighted by Gasteiger charge is -2.07. The predicted molar refractivity (Wildman–Crippen MR) is 81.1 cm³/mol. The van der Waals surface area contributed by atoms with Gasteiger partial charge in [-0.3, -0.25) is 0 Å². The number of thiazole rings is 1. The number of methoxy groups -OCH3 is 1. The molecule has 2 aromatic rings. The van der Waals surface area contributed by atoms with E-state index in [0.717, 1.165) is 16.9 Å². The van der Waals surface area contributed by atoms with Crippen LogP contribution in [0.15, 0.2) is 22.5 Å². The number of nitrogens with zero attached hydrogens (tertiary/aromatic N) is 2. The second-order valence-corrected chi connectivity index (χ2v) is 6.35. The third-order valence-electron chi connectivity index (χ3n) is 2.73. The molecule has 0 radical (unpaired) electrons. The number of aromatic carboxylic acids is 1. The second-order valence-electron chi connectivity index (χ2n) is 4.13. The number of aryl methyl sites for hydroxylation is 1. The standard InChI is InChI=1S/C14H12N2O3S2/c1-8-12(13(17)18)21-14(16-8)20-7-10-5-9(6-15)3-4-11(10)19-2/h3-5H,7H2,1-2H3,(H,17,18). The van der Waals surface area contributed by atoms with E-state index in [4.69, 9.17) is 15.1 Å². The Kier molecular flexibility index (Phi) is 4.83. The molecule has 0 aliphatic rings. The van der Waals surface area contributed by atoms with E-state index in [1.165, 1.54) is 11.8 Å². The van der Waals surface area contributed by atoms with Crippen molar-refractivity contribution in [1.82, 2.24) is 4.98 Å². The Morgan fingerprint density at radius 1 is 1.57 bits per heavy atom. The predicted octanol–water partition coefficient (Wildman–Crippen LogP) is 3.32. The van der Waals surface area contributed by atoms with Crippen LogP contribution in [-0.2, 0) is 5.75 Å². The van der Waals surface area contributed by atoms with Crippen molar-refractivity contribution in [2.75, 3.05) is 7.11 Å². The quantitative estimate of drug-likeness (QED) is 0.851. The van der Waals surface area contributed by atoms with Gasteiger partial charge in [-0.2, -0.15) is 5.26 Å². The summed E-state index contributed by atoms with van der Waals surface area (Å²) in [5.74, 6) is 0.305. The SMILES string of the molecule is COc1ccc(C#N)cc1CSc1nc(C)c(C(=O)O)s1. The van der Waals surface area contributed by atoms with Gasteiger partial charge in [-0.05, 0) is 25.1 Å². The smallest absolute Gasteiger partial charge is 0.347 e. The number of nitriles is 1. The fraction of sp³-hybridized carbons (Fsp3) is 0.214. The molecular weight excluding hydrogens is 308 g/mol. The van der Waals surface area contributed by atoms with Crippen molar-refractivity contribution in [2.45, 2.75) is 17.0 Å². The lowest BCUT2D eigenvalue weighted by molar-refractivity contribution is 0.0701. The van der Waals surface area contributed by atoms with Gasteiger partial charge >= 0.3 is 5.97 Å². The Morgan fingerprint density at radius 3 is 2.90 bits per heavy atom. The van der Waals surface area contributed by atoms with Gasteiger partial charge < -0.3 is 9.84 Å². The Morgan fingerprint density at radius 2 is 2.33 bits per heavy atom. The lowest BCUT2D eigenvalue weighted by atomic mass is 10.1. The molecule has 1 heterocycles. The van der Waals surface area contributed by atoms with Gasteiger partial charge in [-0.1, -0.05) is 11.8 Å². The number of hydrogen-bond acceptors (Lipinski definition) is 6. The molecule has 1 aromatic carbocycles. The molecule has 0 saturated heterocycles. The molecule has 0 bridgehead atoms. The minimum atomic E-state index is -0.957. The van der Waals surface area contributed by atoms with Crippen LogP contribution in [0.4, 0.5) is 0 Å². The molecule has 0 aliphatic heterocycles. The number of benzene rings is 1. The van der Waals surface area contributed by atoms with Crippen molar-refractivity contribution < 1.29 is 14.6 Å². The normalized spacial score (nSPS) is 10.1. The Bertz CT molecular complexity index is 719. The number of thioether (sulfide) groups is 1. The summed E-state index contributed by atoms with van der Waals surface area (Å²) in [6.45, 7) is 1.68. The van der Waals surface area contributed by atoms with Crippen molar-refractivity contribution >= 4 is 29.1 Å². The van der Waals surface area contributed by atoms with E-state index in [1.54, 1.807) is 32.2 Å². The average Bonchev–Trinajstić information content (AvgIpc) is 2.86. The van der Waals surface area contributed by atoms with Crippen LogP contribution >= 0.6 is 23.1 Å². The third kappa shape index (κ3) is 3.54. The van der Waals surface area contributed by atoms with Gasteiger partial charge in [0.1, 0.15) is 10.6 Å². The lowest BCUT2D eigenvalue weighted by Crippen LogP contribution is -1.94. The van der Waals surface area contributed by atoms with Crippen molar-refractivity contribution in [3.05, 3.63) is 39.9 Å². The number of carboxylic acids is 1. The number of aromatic nitrogens is 1. The zero-order valence-electron chi connectivity index (χ0n) is 11.4. The maximum absolute atomic E-state index is 11.0. The summed E-state index contributed by atoms with van der Waals surface area (Å²) in [6.07, 6.45) is 0. The molecule has 2 rings (SSSR count). The highest BCUT2D eigenvalue weighted by atomic mass is 32.2. The highest BCUT2D eigenvalue weighted by Gasteiger charge is 2.15. The molecule has 0 saturated carbocycles. The molecule has 1 N–H and O–H groups in total. The highest BCUT2D eigenvalue weighted by molar-refractivity contribution is 8.00. The number of carboxylic acid groups (broad SMARTS) is 1. The van der Waals surface area contributed by atoms with Crippen LogP contribution in [0.1, 0.15) is 26.5 Å². The monoisotopic (exact) mass is 320 g/mol. The van der Waals surface area contributed by atoms with Gasteiger partial charge in [-0.25, -0.2) is 9.78 Å². The number of carbonyl (C=O) groups is 1. The summed E-state index contributed by atoms with van der Waals surface area (Å²) in [4.78, 5) is 15.5. The van der Waals surface area contributed by atoms with Crippen LogP contribution in [0.5, 0.6) is 5.75 Å². The van der Waals surface area contributed by atoms with Crippen LogP contribution in [0.2, 0.25) is 0 Å². The molecule has 7 heteroatoms. The highest BCUT2D eigenvalue weighted by Crippen LogP contribution is 2.32. The first-order valence-electron chi connectivity index (χ1n) is 5.95. The van der Waals surface area contributed by atoms with Gasteiger partial charge in [-0.15, -0.1) is 11.3 Å². The van der Waals surface area contributed by atoms with Crippen molar-refractivity contribution in [2.24, 2.45) is 0 Å². The first kappa shape index (κ1) is 15.4. The molecule has 0 aliphatic carbocycles. The first-order chi connectivity index (χ1) is 10.0. The van der Waals surface area contributed by atoms with E-state index in [0.29, 0.717) is 27.1 Å². The molecule has 0 spiro atoms. The fourth-order valence-corrected chi connectivity index (χ4v) is 3.74. The summed E-state index contributed by atoms with van der Waals surface area (Å²) in [5, 5.41) is 18.0. The van der Waals surface area contributed by atoms with E-state index in [1.807, 2.05) is 0 Å². The average molecular weight is 320 g/mol. The second kappa shape index (κ2) is 6.61. The molecular formula is C14H12N2O3S2. The van der Waals surface area contributed by atoms with Crippen LogP contribution in [0, 0.1) is 18.3 Å². The maximum atomic E-state index is 11.0. The van der Waals surface area contributed by atoms with Crippen LogP contribution in [0.25, 0.3) is 0 Å². The maximum Gasteiger partial charge on any atom is 0.347 e. The third-order valence-corrected chi connectivity index (χ3v) is 5.07. The summed E-state index contributed by atoms with van der Waals surface area (Å²) in [6, 6.07) is 7.31. The van der Waals surface area contributed by atoms with Crippen molar-refractivity contribution in [1.29, 1.82) is 5.26 Å². The number of rotatable bonds is 5. The van der Waals surface area contributed by atoms with E-state index in [9.17, 15) is 4.79 Å². The topological polar surface area (TPSA) is 83.2 Å². The Hall–Kier alpha value is -2.04. The Labute approximate surface area is 130 Å². The molecule has 21 heavy (non-hydrogen) atoms. The van der Waals surface area contributed by atoms with Crippen molar-refractivity contribution in [3.8, 4) is 11.8 Å². The zero-order chi connectivity index (χ0) is 15.4. The van der Waals surface area contributed by atoms with Gasteiger partial charge in [0.05, 0.1) is 24.4 Å². The summed E-state index contributed by atoms with van der Waals surface area (Å²) < 4.78 is 5.96. The zero-order valence-corrected chi connectivity index (χ0v) is 13.0.